The Morgan fingerprint density at radius 1 is 1.23 bits per heavy atom. The molecule has 1 heterocycles. The largest absolute Gasteiger partial charge is 0.482 e. The maximum atomic E-state index is 12.6. The average molecular weight is 384 g/mol. The van der Waals surface area contributed by atoms with Crippen LogP contribution in [-0.2, 0) is 20.5 Å². The van der Waals surface area contributed by atoms with Crippen molar-refractivity contribution >= 4 is 28.2 Å². The molecular weight excluding hydrogens is 373 g/mol. The van der Waals surface area contributed by atoms with E-state index in [-0.39, 0.29) is 11.3 Å². The van der Waals surface area contributed by atoms with Gasteiger partial charge in [0.2, 0.25) is 0 Å². The molecule has 0 radical (unpaired) electrons. The quantitative estimate of drug-likeness (QED) is 0.773. The van der Waals surface area contributed by atoms with E-state index >= 15 is 0 Å². The highest BCUT2D eigenvalue weighted by atomic mass is 32.1. The van der Waals surface area contributed by atoms with Crippen LogP contribution in [0.5, 0.6) is 5.75 Å². The van der Waals surface area contributed by atoms with Gasteiger partial charge in [-0.05, 0) is 29.6 Å². The van der Waals surface area contributed by atoms with Crippen LogP contribution in [0.4, 0.5) is 18.2 Å². The number of esters is 1. The number of carbonyl (C=O) groups is 2. The lowest BCUT2D eigenvalue weighted by molar-refractivity contribution is -0.149. The van der Waals surface area contributed by atoms with Crippen molar-refractivity contribution in [1.82, 2.24) is 0 Å². The summed E-state index contributed by atoms with van der Waals surface area (Å²) in [5.41, 5.74) is -0.630. The molecule has 0 saturated heterocycles. The summed E-state index contributed by atoms with van der Waals surface area (Å²) in [5, 5.41) is 13.2. The number of amides is 1. The summed E-state index contributed by atoms with van der Waals surface area (Å²) >= 11 is 1.14. The molecule has 0 unspecified atom stereocenters. The van der Waals surface area contributed by atoms with E-state index in [0.717, 1.165) is 29.5 Å². The first-order chi connectivity index (χ1) is 12.3. The molecular formula is C16H11F3N2O4S. The van der Waals surface area contributed by atoms with E-state index in [0.29, 0.717) is 5.00 Å². The monoisotopic (exact) mass is 384 g/mol. The van der Waals surface area contributed by atoms with Crippen molar-refractivity contribution in [3.8, 4) is 11.8 Å². The molecule has 0 fully saturated rings. The van der Waals surface area contributed by atoms with Gasteiger partial charge in [0.05, 0.1) is 11.1 Å². The molecule has 1 N–H and O–H groups in total. The van der Waals surface area contributed by atoms with Crippen molar-refractivity contribution in [3.05, 3.63) is 46.8 Å². The van der Waals surface area contributed by atoms with Crippen LogP contribution in [0.25, 0.3) is 0 Å². The third-order valence-electron chi connectivity index (χ3n) is 2.92. The fourth-order valence-electron chi connectivity index (χ4n) is 1.75. The number of benzene rings is 1. The number of halogens is 3. The van der Waals surface area contributed by atoms with Crippen molar-refractivity contribution < 1.29 is 32.2 Å². The molecule has 26 heavy (non-hydrogen) atoms. The number of ether oxygens (including phenoxy) is 2. The molecule has 6 nitrogen and oxygen atoms in total. The molecule has 1 aromatic heterocycles. The first-order valence-corrected chi connectivity index (χ1v) is 7.90. The standard InChI is InChI=1S/C16H11F3N2O4S/c17-16(18,19)11-2-1-3-12(6-11)24-9-14(23)25-8-13(22)21-15-10(7-20)4-5-26-15/h1-6H,8-9H2,(H,21,22). The lowest BCUT2D eigenvalue weighted by Crippen LogP contribution is -2.23. The van der Waals surface area contributed by atoms with Crippen molar-refractivity contribution in [2.45, 2.75) is 6.18 Å². The van der Waals surface area contributed by atoms with Gasteiger partial charge in [-0.25, -0.2) is 4.79 Å². The molecule has 0 aliphatic heterocycles. The van der Waals surface area contributed by atoms with Crippen molar-refractivity contribution in [3.63, 3.8) is 0 Å². The van der Waals surface area contributed by atoms with E-state index in [1.54, 1.807) is 5.38 Å². The first kappa shape index (κ1) is 19.3. The van der Waals surface area contributed by atoms with Crippen molar-refractivity contribution in [2.24, 2.45) is 0 Å². The van der Waals surface area contributed by atoms with Crippen molar-refractivity contribution in [2.75, 3.05) is 18.5 Å². The summed E-state index contributed by atoms with van der Waals surface area (Å²) in [7, 11) is 0. The van der Waals surface area contributed by atoms with Gasteiger partial charge in [0, 0.05) is 0 Å². The number of thiophene rings is 1. The summed E-state index contributed by atoms with van der Waals surface area (Å²) in [6.45, 7) is -1.27. The summed E-state index contributed by atoms with van der Waals surface area (Å²) in [5.74, 6) is -1.74. The summed E-state index contributed by atoms with van der Waals surface area (Å²) in [4.78, 5) is 23.2. The Morgan fingerprint density at radius 2 is 2.00 bits per heavy atom. The predicted octanol–water partition coefficient (Wildman–Crippen LogP) is 3.20. The highest BCUT2D eigenvalue weighted by Gasteiger charge is 2.30. The van der Waals surface area contributed by atoms with Crippen LogP contribution >= 0.6 is 11.3 Å². The molecule has 10 heteroatoms. The van der Waals surface area contributed by atoms with Crippen LogP contribution in [0, 0.1) is 11.3 Å². The molecule has 0 atom stereocenters. The second-order valence-corrected chi connectivity index (χ2v) is 5.71. The number of nitrogens with zero attached hydrogens (tertiary/aromatic N) is 1. The van der Waals surface area contributed by atoms with Crippen LogP contribution < -0.4 is 10.1 Å². The minimum Gasteiger partial charge on any atom is -0.482 e. The maximum absolute atomic E-state index is 12.6. The molecule has 1 amide bonds. The van der Waals surface area contributed by atoms with Crippen molar-refractivity contribution in [1.29, 1.82) is 5.26 Å². The van der Waals surface area contributed by atoms with E-state index in [4.69, 9.17) is 10.00 Å². The van der Waals surface area contributed by atoms with E-state index in [1.165, 1.54) is 12.1 Å². The Labute approximate surface area is 149 Å². The number of carbonyl (C=O) groups excluding carboxylic acids is 2. The second kappa shape index (κ2) is 8.35. The van der Waals surface area contributed by atoms with Crippen LogP contribution in [0.1, 0.15) is 11.1 Å². The topological polar surface area (TPSA) is 88.4 Å². The number of nitriles is 1. The fourth-order valence-corrected chi connectivity index (χ4v) is 2.50. The van der Waals surface area contributed by atoms with Crippen LogP contribution in [0.3, 0.4) is 0 Å². The van der Waals surface area contributed by atoms with E-state index < -0.39 is 36.8 Å². The van der Waals surface area contributed by atoms with Gasteiger partial charge in [0.15, 0.2) is 13.2 Å². The van der Waals surface area contributed by atoms with Gasteiger partial charge < -0.3 is 14.8 Å². The normalized spacial score (nSPS) is 10.7. The molecule has 0 spiro atoms. The van der Waals surface area contributed by atoms with Gasteiger partial charge in [0.1, 0.15) is 16.8 Å². The molecule has 0 saturated carbocycles. The Hall–Kier alpha value is -3.06. The number of rotatable bonds is 6. The summed E-state index contributed by atoms with van der Waals surface area (Å²) in [6.07, 6.45) is -4.53. The second-order valence-electron chi connectivity index (χ2n) is 4.80. The predicted molar refractivity (Wildman–Crippen MR) is 85.6 cm³/mol. The van der Waals surface area contributed by atoms with Gasteiger partial charge in [-0.3, -0.25) is 4.79 Å². The third-order valence-corrected chi connectivity index (χ3v) is 3.75. The molecule has 0 aliphatic carbocycles. The Balaban J connectivity index is 1.79. The number of hydrogen-bond acceptors (Lipinski definition) is 6. The number of hydrogen-bond donors (Lipinski definition) is 1. The number of anilines is 1. The zero-order valence-corrected chi connectivity index (χ0v) is 13.8. The third kappa shape index (κ3) is 5.49. The Bertz CT molecular complexity index is 843. The minimum absolute atomic E-state index is 0.154. The minimum atomic E-state index is -4.53. The maximum Gasteiger partial charge on any atom is 0.416 e. The van der Waals surface area contributed by atoms with Crippen LogP contribution in [0.2, 0.25) is 0 Å². The number of nitrogens with one attached hydrogen (secondary N) is 1. The SMILES string of the molecule is N#Cc1ccsc1NC(=O)COC(=O)COc1cccc(C(F)(F)F)c1. The highest BCUT2D eigenvalue weighted by Crippen LogP contribution is 2.31. The van der Waals surface area contributed by atoms with E-state index in [1.807, 2.05) is 6.07 Å². The lowest BCUT2D eigenvalue weighted by atomic mass is 10.2. The van der Waals surface area contributed by atoms with Gasteiger partial charge >= 0.3 is 12.1 Å². The van der Waals surface area contributed by atoms with Crippen LogP contribution in [-0.4, -0.2) is 25.1 Å². The fraction of sp³-hybridized carbons (Fsp3) is 0.188. The first-order valence-electron chi connectivity index (χ1n) is 7.02. The molecule has 0 bridgehead atoms. The number of alkyl halides is 3. The van der Waals surface area contributed by atoms with Gasteiger partial charge in [-0.15, -0.1) is 11.3 Å². The summed E-state index contributed by atoms with van der Waals surface area (Å²) < 4.78 is 47.3. The average Bonchev–Trinajstić information content (AvgIpc) is 3.04. The zero-order valence-electron chi connectivity index (χ0n) is 13.0. The zero-order chi connectivity index (χ0) is 19.2. The molecule has 2 rings (SSSR count). The summed E-state index contributed by atoms with van der Waals surface area (Å²) in [6, 6.07) is 7.43. The molecule has 136 valence electrons. The lowest BCUT2D eigenvalue weighted by Gasteiger charge is -2.10. The smallest absolute Gasteiger partial charge is 0.416 e. The Kier molecular flexibility index (Phi) is 6.19. The van der Waals surface area contributed by atoms with E-state index in [9.17, 15) is 22.8 Å². The van der Waals surface area contributed by atoms with Gasteiger partial charge in [-0.1, -0.05) is 6.07 Å². The highest BCUT2D eigenvalue weighted by molar-refractivity contribution is 7.14. The molecule has 1 aromatic carbocycles. The molecule has 2 aromatic rings. The van der Waals surface area contributed by atoms with Crippen LogP contribution in [0.15, 0.2) is 35.7 Å². The Morgan fingerprint density at radius 3 is 2.69 bits per heavy atom. The van der Waals surface area contributed by atoms with E-state index in [2.05, 4.69) is 10.1 Å². The van der Waals surface area contributed by atoms with Gasteiger partial charge in [0.25, 0.3) is 5.91 Å². The molecule has 0 aliphatic rings. The van der Waals surface area contributed by atoms with Gasteiger partial charge in [-0.2, -0.15) is 18.4 Å².